The molecule has 2 saturated heterocycles. The molecule has 0 saturated carbocycles. The highest BCUT2D eigenvalue weighted by atomic mass is 19.1. The van der Waals surface area contributed by atoms with Gasteiger partial charge in [0.2, 0.25) is 0 Å². The van der Waals surface area contributed by atoms with Crippen molar-refractivity contribution < 1.29 is 9.13 Å². The molecule has 2 fully saturated rings. The van der Waals surface area contributed by atoms with Crippen molar-refractivity contribution in [1.29, 1.82) is 0 Å². The Morgan fingerprint density at radius 3 is 2.63 bits per heavy atom. The summed E-state index contributed by atoms with van der Waals surface area (Å²) in [6.45, 7) is 3.45. The van der Waals surface area contributed by atoms with E-state index in [1.54, 1.807) is 12.1 Å². The summed E-state index contributed by atoms with van der Waals surface area (Å²) in [6, 6.07) is 17.7. The molecule has 2 aliphatic rings. The molecule has 4 rings (SSSR count). The maximum atomic E-state index is 13.5. The van der Waals surface area contributed by atoms with E-state index >= 15 is 0 Å². The normalized spacial score (nSPS) is 22.9. The number of anilines is 1. The van der Waals surface area contributed by atoms with Crippen LogP contribution in [-0.4, -0.2) is 45.3 Å². The van der Waals surface area contributed by atoms with Gasteiger partial charge in [-0.1, -0.05) is 36.4 Å². The molecule has 160 valence electrons. The largest absolute Gasteiger partial charge is 0.373 e. The van der Waals surface area contributed by atoms with E-state index in [-0.39, 0.29) is 11.9 Å². The summed E-state index contributed by atoms with van der Waals surface area (Å²) in [5.74, 6) is 1.10. The first-order valence-corrected chi connectivity index (χ1v) is 10.9. The number of aliphatic imine (C=N–C) groups is 1. The van der Waals surface area contributed by atoms with Crippen molar-refractivity contribution in [2.45, 2.75) is 31.4 Å². The van der Waals surface area contributed by atoms with Crippen molar-refractivity contribution in [3.8, 4) is 0 Å². The molecule has 2 unspecified atom stereocenters. The molecule has 0 aliphatic carbocycles. The number of benzene rings is 2. The maximum absolute atomic E-state index is 13.5. The first-order valence-electron chi connectivity index (χ1n) is 10.9. The molecule has 0 bridgehead atoms. The van der Waals surface area contributed by atoms with E-state index < -0.39 is 0 Å². The highest BCUT2D eigenvalue weighted by molar-refractivity contribution is 5.80. The predicted molar refractivity (Wildman–Crippen MR) is 119 cm³/mol. The molecule has 2 aromatic carbocycles. The number of ether oxygens (including phenoxy) is 1. The van der Waals surface area contributed by atoms with E-state index in [9.17, 15) is 4.39 Å². The van der Waals surface area contributed by atoms with Gasteiger partial charge in [-0.2, -0.15) is 0 Å². The molecular formula is C24H31FN4O. The van der Waals surface area contributed by atoms with Crippen molar-refractivity contribution in [3.05, 3.63) is 66.0 Å². The number of nitrogens with zero attached hydrogens (tertiary/aromatic N) is 2. The van der Waals surface area contributed by atoms with Gasteiger partial charge in [0.1, 0.15) is 5.82 Å². The van der Waals surface area contributed by atoms with Gasteiger partial charge in [0.15, 0.2) is 5.96 Å². The molecule has 0 spiro atoms. The van der Waals surface area contributed by atoms with Crippen molar-refractivity contribution in [2.75, 3.05) is 38.2 Å². The fraction of sp³-hybridized carbons (Fsp3) is 0.458. The van der Waals surface area contributed by atoms with Gasteiger partial charge in [-0.05, 0) is 43.0 Å². The Labute approximate surface area is 178 Å². The van der Waals surface area contributed by atoms with Crippen LogP contribution in [0.2, 0.25) is 0 Å². The van der Waals surface area contributed by atoms with Gasteiger partial charge in [-0.25, -0.2) is 4.39 Å². The van der Waals surface area contributed by atoms with Gasteiger partial charge >= 0.3 is 0 Å². The summed E-state index contributed by atoms with van der Waals surface area (Å²) in [5, 5.41) is 7.07. The SMILES string of the molecule is CN=C(NCC1CCOC1c1ccccc1)NC1CCN(c2cccc(F)c2)CC1. The van der Waals surface area contributed by atoms with E-state index in [4.69, 9.17) is 4.74 Å². The van der Waals surface area contributed by atoms with Gasteiger partial charge in [0.25, 0.3) is 0 Å². The highest BCUT2D eigenvalue weighted by Gasteiger charge is 2.29. The Morgan fingerprint density at radius 1 is 1.10 bits per heavy atom. The predicted octanol–water partition coefficient (Wildman–Crippen LogP) is 3.74. The Balaban J connectivity index is 1.25. The van der Waals surface area contributed by atoms with Crippen molar-refractivity contribution >= 4 is 11.6 Å². The van der Waals surface area contributed by atoms with Crippen LogP contribution in [0.15, 0.2) is 59.6 Å². The zero-order chi connectivity index (χ0) is 20.8. The fourth-order valence-electron chi connectivity index (χ4n) is 4.42. The number of hydrogen-bond acceptors (Lipinski definition) is 3. The zero-order valence-corrected chi connectivity index (χ0v) is 17.6. The van der Waals surface area contributed by atoms with Crippen molar-refractivity contribution in [2.24, 2.45) is 10.9 Å². The van der Waals surface area contributed by atoms with E-state index in [2.05, 4.69) is 44.8 Å². The monoisotopic (exact) mass is 410 g/mol. The Bertz CT molecular complexity index is 836. The Hall–Kier alpha value is -2.60. The standard InChI is InChI=1S/C24H31FN4O/c1-26-24(27-17-19-12-15-30-23(19)18-6-3-2-4-7-18)28-21-10-13-29(14-11-21)22-9-5-8-20(25)16-22/h2-9,16,19,21,23H,10-15,17H2,1H3,(H2,26,27,28). The van der Waals surface area contributed by atoms with E-state index in [0.29, 0.717) is 12.0 Å². The Morgan fingerprint density at radius 2 is 1.90 bits per heavy atom. The lowest BCUT2D eigenvalue weighted by molar-refractivity contribution is 0.0915. The third kappa shape index (κ3) is 5.11. The molecular weight excluding hydrogens is 379 g/mol. The van der Waals surface area contributed by atoms with E-state index in [1.807, 2.05) is 19.2 Å². The quantitative estimate of drug-likeness (QED) is 0.582. The number of nitrogens with one attached hydrogen (secondary N) is 2. The minimum atomic E-state index is -0.179. The second kappa shape index (κ2) is 9.94. The van der Waals surface area contributed by atoms with Gasteiger partial charge < -0.3 is 20.3 Å². The minimum absolute atomic E-state index is 0.145. The topological polar surface area (TPSA) is 48.9 Å². The molecule has 0 radical (unpaired) electrons. The maximum Gasteiger partial charge on any atom is 0.191 e. The van der Waals surface area contributed by atoms with E-state index in [0.717, 1.165) is 57.2 Å². The smallest absolute Gasteiger partial charge is 0.191 e. The molecule has 2 aliphatic heterocycles. The van der Waals surface area contributed by atoms with Crippen LogP contribution >= 0.6 is 0 Å². The third-order valence-corrected chi connectivity index (χ3v) is 6.11. The molecule has 30 heavy (non-hydrogen) atoms. The van der Waals surface area contributed by atoms with Crippen LogP contribution < -0.4 is 15.5 Å². The molecule has 2 heterocycles. The zero-order valence-electron chi connectivity index (χ0n) is 17.6. The Kier molecular flexibility index (Phi) is 6.84. The molecule has 0 aromatic heterocycles. The van der Waals surface area contributed by atoms with Crippen LogP contribution in [0, 0.1) is 11.7 Å². The summed E-state index contributed by atoms with van der Waals surface area (Å²) in [7, 11) is 1.82. The van der Waals surface area contributed by atoms with Crippen LogP contribution in [0.25, 0.3) is 0 Å². The number of halogens is 1. The fourth-order valence-corrected chi connectivity index (χ4v) is 4.42. The first-order chi connectivity index (χ1) is 14.7. The van der Waals surface area contributed by atoms with Gasteiger partial charge in [0.05, 0.1) is 6.10 Å². The average Bonchev–Trinajstić information content (AvgIpc) is 3.26. The molecule has 2 aromatic rings. The lowest BCUT2D eigenvalue weighted by Crippen LogP contribution is -2.49. The lowest BCUT2D eigenvalue weighted by Gasteiger charge is -2.34. The van der Waals surface area contributed by atoms with Crippen LogP contribution in [0.3, 0.4) is 0 Å². The lowest BCUT2D eigenvalue weighted by atomic mass is 9.95. The second-order valence-electron chi connectivity index (χ2n) is 8.09. The van der Waals surface area contributed by atoms with Gasteiger partial charge in [-0.3, -0.25) is 4.99 Å². The molecule has 5 nitrogen and oxygen atoms in total. The molecule has 6 heteroatoms. The number of rotatable bonds is 5. The van der Waals surface area contributed by atoms with Crippen LogP contribution in [0.1, 0.15) is 30.9 Å². The third-order valence-electron chi connectivity index (χ3n) is 6.11. The van der Waals surface area contributed by atoms with Crippen LogP contribution in [-0.2, 0) is 4.74 Å². The summed E-state index contributed by atoms with van der Waals surface area (Å²) in [6.07, 6.45) is 3.19. The minimum Gasteiger partial charge on any atom is -0.373 e. The number of piperidine rings is 1. The van der Waals surface area contributed by atoms with Gasteiger partial charge in [0, 0.05) is 50.9 Å². The summed E-state index contributed by atoms with van der Waals surface area (Å²) < 4.78 is 19.5. The highest BCUT2D eigenvalue weighted by Crippen LogP contribution is 2.33. The van der Waals surface area contributed by atoms with Crippen LogP contribution in [0.5, 0.6) is 0 Å². The molecule has 2 N–H and O–H groups in total. The van der Waals surface area contributed by atoms with E-state index in [1.165, 1.54) is 11.6 Å². The summed E-state index contributed by atoms with van der Waals surface area (Å²) in [4.78, 5) is 6.67. The van der Waals surface area contributed by atoms with Crippen molar-refractivity contribution in [3.63, 3.8) is 0 Å². The van der Waals surface area contributed by atoms with Crippen LogP contribution in [0.4, 0.5) is 10.1 Å². The number of hydrogen-bond donors (Lipinski definition) is 2. The molecule has 2 atom stereocenters. The van der Waals surface area contributed by atoms with Crippen molar-refractivity contribution in [1.82, 2.24) is 10.6 Å². The summed E-state index contributed by atoms with van der Waals surface area (Å²) >= 11 is 0. The second-order valence-corrected chi connectivity index (χ2v) is 8.09. The molecule has 0 amide bonds. The van der Waals surface area contributed by atoms with Gasteiger partial charge in [-0.15, -0.1) is 0 Å². The first kappa shape index (κ1) is 20.7. The number of guanidine groups is 1. The summed E-state index contributed by atoms with van der Waals surface area (Å²) in [5.41, 5.74) is 2.21. The average molecular weight is 411 g/mol.